The Morgan fingerprint density at radius 3 is 2.94 bits per heavy atom. The summed E-state index contributed by atoms with van der Waals surface area (Å²) in [6.07, 6.45) is 1.95. The number of carbonyl (C=O) groups is 2. The Labute approximate surface area is 92.9 Å². The molecule has 16 heavy (non-hydrogen) atoms. The summed E-state index contributed by atoms with van der Waals surface area (Å²) in [7, 11) is 1.57. The van der Waals surface area contributed by atoms with Gasteiger partial charge in [0.1, 0.15) is 12.1 Å². The molecule has 0 spiro atoms. The number of aldehydes is 1. The number of amides is 1. The van der Waals surface area contributed by atoms with Crippen molar-refractivity contribution in [2.75, 3.05) is 11.9 Å². The van der Waals surface area contributed by atoms with Gasteiger partial charge in [0.15, 0.2) is 0 Å². The zero-order valence-electron chi connectivity index (χ0n) is 9.00. The number of hydrogen-bond donors (Lipinski definition) is 0. The number of rotatable bonds is 3. The summed E-state index contributed by atoms with van der Waals surface area (Å²) in [5.41, 5.74) is 1.86. The van der Waals surface area contributed by atoms with Crippen LogP contribution in [0.1, 0.15) is 17.5 Å². The molecule has 0 bridgehead atoms. The number of anilines is 1. The van der Waals surface area contributed by atoms with Crippen molar-refractivity contribution >= 4 is 17.9 Å². The normalized spacial score (nSPS) is 14.1. The molecule has 0 saturated carbocycles. The van der Waals surface area contributed by atoms with Crippen molar-refractivity contribution in [1.82, 2.24) is 0 Å². The van der Waals surface area contributed by atoms with Crippen molar-refractivity contribution in [3.8, 4) is 0 Å². The summed E-state index contributed by atoms with van der Waals surface area (Å²) >= 11 is 0. The number of benzene rings is 1. The van der Waals surface area contributed by atoms with E-state index in [1.165, 1.54) is 11.0 Å². The van der Waals surface area contributed by atoms with E-state index in [4.69, 9.17) is 0 Å². The maximum absolute atomic E-state index is 13.7. The molecule has 0 aromatic heterocycles. The Kier molecular flexibility index (Phi) is 2.73. The van der Waals surface area contributed by atoms with E-state index in [2.05, 4.69) is 0 Å². The fourth-order valence-corrected chi connectivity index (χ4v) is 2.00. The van der Waals surface area contributed by atoms with Crippen molar-refractivity contribution in [3.63, 3.8) is 0 Å². The minimum Gasteiger partial charge on any atom is -0.312 e. The Bertz CT molecular complexity index is 457. The number of aryl methyl sites for hydroxylation is 1. The molecule has 0 aliphatic carbocycles. The van der Waals surface area contributed by atoms with Crippen molar-refractivity contribution in [2.24, 2.45) is 0 Å². The van der Waals surface area contributed by atoms with Gasteiger partial charge in [0.2, 0.25) is 5.91 Å². The lowest BCUT2D eigenvalue weighted by atomic mass is 10.0. The van der Waals surface area contributed by atoms with E-state index in [9.17, 15) is 14.0 Å². The fraction of sp³-hybridized carbons (Fsp3) is 0.333. The van der Waals surface area contributed by atoms with Crippen LogP contribution in [-0.2, 0) is 22.4 Å². The lowest BCUT2D eigenvalue weighted by Crippen LogP contribution is -2.21. The molecule has 1 heterocycles. The summed E-state index contributed by atoms with van der Waals surface area (Å²) in [6.45, 7) is 0. The molecular weight excluding hydrogens is 209 g/mol. The van der Waals surface area contributed by atoms with Crippen LogP contribution in [0, 0.1) is 5.82 Å². The highest BCUT2D eigenvalue weighted by Gasteiger charge is 2.27. The second-order valence-electron chi connectivity index (χ2n) is 3.92. The molecule has 0 radical (unpaired) electrons. The van der Waals surface area contributed by atoms with Crippen LogP contribution in [0.3, 0.4) is 0 Å². The minimum absolute atomic E-state index is 0.0959. The molecular formula is C12H12FNO2. The topological polar surface area (TPSA) is 37.4 Å². The summed E-state index contributed by atoms with van der Waals surface area (Å²) in [4.78, 5) is 23.0. The van der Waals surface area contributed by atoms with E-state index in [1.54, 1.807) is 7.05 Å². The van der Waals surface area contributed by atoms with E-state index in [-0.39, 0.29) is 18.1 Å². The van der Waals surface area contributed by atoms with Crippen LogP contribution in [0.4, 0.5) is 10.1 Å². The molecule has 0 atom stereocenters. The molecule has 1 aromatic carbocycles. The highest BCUT2D eigenvalue weighted by atomic mass is 19.1. The molecule has 2 rings (SSSR count). The molecule has 84 valence electrons. The zero-order chi connectivity index (χ0) is 11.7. The molecule has 1 aromatic rings. The first-order valence-corrected chi connectivity index (χ1v) is 5.15. The van der Waals surface area contributed by atoms with E-state index in [0.29, 0.717) is 24.1 Å². The first-order chi connectivity index (χ1) is 7.63. The summed E-state index contributed by atoms with van der Waals surface area (Å²) in [6, 6.07) is 3.21. The Morgan fingerprint density at radius 2 is 2.25 bits per heavy atom. The van der Waals surface area contributed by atoms with Crippen molar-refractivity contribution in [1.29, 1.82) is 0 Å². The molecule has 1 amide bonds. The Hall–Kier alpha value is -1.71. The summed E-state index contributed by atoms with van der Waals surface area (Å²) in [5.74, 6) is -0.479. The highest BCUT2D eigenvalue weighted by molar-refractivity contribution is 6.01. The molecule has 4 heteroatoms. The lowest BCUT2D eigenvalue weighted by molar-refractivity contribution is -0.117. The summed E-state index contributed by atoms with van der Waals surface area (Å²) in [5, 5.41) is 0. The van der Waals surface area contributed by atoms with Crippen molar-refractivity contribution in [2.45, 2.75) is 19.3 Å². The number of carbonyl (C=O) groups excluding carboxylic acids is 2. The van der Waals surface area contributed by atoms with Gasteiger partial charge in [-0.1, -0.05) is 6.07 Å². The van der Waals surface area contributed by atoms with Gasteiger partial charge in [0, 0.05) is 13.5 Å². The quantitative estimate of drug-likeness (QED) is 0.725. The first kappa shape index (κ1) is 10.8. The molecule has 3 nitrogen and oxygen atoms in total. The van der Waals surface area contributed by atoms with Gasteiger partial charge in [0.25, 0.3) is 0 Å². The monoisotopic (exact) mass is 221 g/mol. The summed E-state index contributed by atoms with van der Waals surface area (Å²) < 4.78 is 13.7. The first-order valence-electron chi connectivity index (χ1n) is 5.15. The molecule has 1 aliphatic heterocycles. The van der Waals surface area contributed by atoms with Gasteiger partial charge in [-0.3, -0.25) is 4.79 Å². The SMILES string of the molecule is CN1C(=O)Cc2cc(CCC=O)cc(F)c21. The van der Waals surface area contributed by atoms with Gasteiger partial charge in [0.05, 0.1) is 12.1 Å². The third-order valence-corrected chi connectivity index (χ3v) is 2.80. The van der Waals surface area contributed by atoms with Gasteiger partial charge in [-0.25, -0.2) is 4.39 Å². The lowest BCUT2D eigenvalue weighted by Gasteiger charge is -2.11. The number of nitrogens with zero attached hydrogens (tertiary/aromatic N) is 1. The Balaban J connectivity index is 2.37. The number of fused-ring (bicyclic) bond motifs is 1. The average Bonchev–Trinajstić information content (AvgIpc) is 2.52. The zero-order valence-corrected chi connectivity index (χ0v) is 9.00. The van der Waals surface area contributed by atoms with E-state index >= 15 is 0 Å². The third kappa shape index (κ3) is 1.71. The molecule has 0 N–H and O–H groups in total. The largest absolute Gasteiger partial charge is 0.312 e. The number of halogens is 1. The van der Waals surface area contributed by atoms with E-state index in [1.807, 2.05) is 6.07 Å². The van der Waals surface area contributed by atoms with Crippen LogP contribution in [-0.4, -0.2) is 19.2 Å². The van der Waals surface area contributed by atoms with Crippen LogP contribution in [0.25, 0.3) is 0 Å². The average molecular weight is 221 g/mol. The van der Waals surface area contributed by atoms with Crippen LogP contribution in [0.5, 0.6) is 0 Å². The second-order valence-corrected chi connectivity index (χ2v) is 3.92. The van der Waals surface area contributed by atoms with Crippen LogP contribution < -0.4 is 4.90 Å². The van der Waals surface area contributed by atoms with Gasteiger partial charge in [-0.2, -0.15) is 0 Å². The minimum atomic E-state index is -0.383. The van der Waals surface area contributed by atoms with Crippen molar-refractivity contribution in [3.05, 3.63) is 29.1 Å². The van der Waals surface area contributed by atoms with E-state index in [0.717, 1.165) is 11.8 Å². The predicted octanol–water partition coefficient (Wildman–Crippen LogP) is 1.48. The Morgan fingerprint density at radius 1 is 1.50 bits per heavy atom. The molecule has 0 fully saturated rings. The molecule has 0 unspecified atom stereocenters. The fourth-order valence-electron chi connectivity index (χ4n) is 2.00. The second kappa shape index (κ2) is 4.04. The van der Waals surface area contributed by atoms with Crippen LogP contribution >= 0.6 is 0 Å². The van der Waals surface area contributed by atoms with Crippen molar-refractivity contribution < 1.29 is 14.0 Å². The standard InChI is InChI=1S/C12H12FNO2/c1-14-11(16)7-9-5-8(3-2-4-15)6-10(13)12(9)14/h4-6H,2-3,7H2,1H3. The highest BCUT2D eigenvalue weighted by Crippen LogP contribution is 2.31. The molecule has 0 saturated heterocycles. The van der Waals surface area contributed by atoms with Crippen LogP contribution in [0.2, 0.25) is 0 Å². The maximum atomic E-state index is 13.7. The van der Waals surface area contributed by atoms with Gasteiger partial charge >= 0.3 is 0 Å². The smallest absolute Gasteiger partial charge is 0.231 e. The van der Waals surface area contributed by atoms with Gasteiger partial charge in [-0.05, 0) is 23.6 Å². The predicted molar refractivity (Wildman–Crippen MR) is 57.9 cm³/mol. The van der Waals surface area contributed by atoms with Gasteiger partial charge < -0.3 is 9.69 Å². The number of hydrogen-bond acceptors (Lipinski definition) is 2. The van der Waals surface area contributed by atoms with E-state index < -0.39 is 0 Å². The van der Waals surface area contributed by atoms with Crippen LogP contribution in [0.15, 0.2) is 12.1 Å². The number of likely N-dealkylation sites (N-methyl/N-ethyl adjacent to an activating group) is 1. The van der Waals surface area contributed by atoms with Gasteiger partial charge in [-0.15, -0.1) is 0 Å². The third-order valence-electron chi connectivity index (χ3n) is 2.80. The maximum Gasteiger partial charge on any atom is 0.231 e. The molecule has 1 aliphatic rings.